The first-order valence-corrected chi connectivity index (χ1v) is 7.22. The van der Waals surface area contributed by atoms with Crippen LogP contribution in [-0.2, 0) is 14.3 Å². The number of aryl methyl sites for hydroxylation is 1. The minimum Gasteiger partial charge on any atom is -0.461 e. The molecule has 0 saturated carbocycles. The fraction of sp³-hybridized carbons (Fsp3) is 0.357. The number of halogens is 1. The summed E-state index contributed by atoms with van der Waals surface area (Å²) in [6, 6.07) is 1.38. The highest BCUT2D eigenvalue weighted by atomic mass is 35.5. The van der Waals surface area contributed by atoms with Crippen LogP contribution in [0.2, 0.25) is 5.15 Å². The Morgan fingerprint density at radius 3 is 2.48 bits per heavy atom. The number of hydrogen-bond donors (Lipinski definition) is 0. The van der Waals surface area contributed by atoms with Crippen LogP contribution in [0.5, 0.6) is 0 Å². The third-order valence-electron chi connectivity index (χ3n) is 2.90. The molecule has 23 heavy (non-hydrogen) atoms. The van der Waals surface area contributed by atoms with E-state index >= 15 is 0 Å². The van der Waals surface area contributed by atoms with Crippen molar-refractivity contribution in [2.75, 3.05) is 13.2 Å². The molecule has 0 spiro atoms. The van der Waals surface area contributed by atoms with Gasteiger partial charge in [0.25, 0.3) is 5.78 Å². The predicted octanol–water partition coefficient (Wildman–Crippen LogP) is 1.61. The molecule has 0 radical (unpaired) electrons. The van der Waals surface area contributed by atoms with Crippen LogP contribution in [0.1, 0.15) is 40.4 Å². The molecule has 0 N–H and O–H groups in total. The van der Waals surface area contributed by atoms with E-state index in [0.29, 0.717) is 0 Å². The van der Waals surface area contributed by atoms with Gasteiger partial charge in [-0.05, 0) is 20.8 Å². The number of ketones is 1. The van der Waals surface area contributed by atoms with Crippen molar-refractivity contribution in [3.8, 4) is 0 Å². The maximum atomic E-state index is 12.1. The van der Waals surface area contributed by atoms with Gasteiger partial charge in [0.1, 0.15) is 5.15 Å². The van der Waals surface area contributed by atoms with Crippen LogP contribution in [0.25, 0.3) is 5.65 Å². The van der Waals surface area contributed by atoms with E-state index in [9.17, 15) is 14.4 Å². The number of rotatable bonds is 5. The highest BCUT2D eigenvalue weighted by molar-refractivity contribution is 6.45. The summed E-state index contributed by atoms with van der Waals surface area (Å²) in [5.41, 5.74) is 0.379. The number of fused-ring (bicyclic) bond motifs is 1. The van der Waals surface area contributed by atoms with E-state index in [1.165, 1.54) is 13.0 Å². The maximum absolute atomic E-state index is 12.1. The average Bonchev–Trinajstić information content (AvgIpc) is 2.91. The summed E-state index contributed by atoms with van der Waals surface area (Å²) >= 11 is 6.16. The topological polar surface area (TPSA) is 99.9 Å². The lowest BCUT2D eigenvalue weighted by atomic mass is 10.1. The summed E-state index contributed by atoms with van der Waals surface area (Å²) in [6.07, 6.45) is 0. The number of esters is 2. The third kappa shape index (κ3) is 3.16. The lowest BCUT2D eigenvalue weighted by molar-refractivity contribution is -0.137. The second kappa shape index (κ2) is 6.74. The summed E-state index contributed by atoms with van der Waals surface area (Å²) in [5.74, 6) is -2.58. The summed E-state index contributed by atoms with van der Waals surface area (Å²) in [4.78, 5) is 39.6. The monoisotopic (exact) mass is 339 g/mol. The van der Waals surface area contributed by atoms with Crippen molar-refractivity contribution in [2.24, 2.45) is 0 Å². The molecule has 8 nitrogen and oxygen atoms in total. The molecule has 0 bridgehead atoms. The zero-order valence-electron chi connectivity index (χ0n) is 12.8. The number of carbonyl (C=O) groups excluding carboxylic acids is 3. The average molecular weight is 340 g/mol. The molecule has 9 heteroatoms. The minimum absolute atomic E-state index is 0.00128. The summed E-state index contributed by atoms with van der Waals surface area (Å²) in [7, 11) is 0. The Labute approximate surface area is 136 Å². The molecule has 0 aliphatic rings. The number of aromatic nitrogens is 3. The second-order valence-corrected chi connectivity index (χ2v) is 4.79. The van der Waals surface area contributed by atoms with Crippen LogP contribution < -0.4 is 0 Å². The fourth-order valence-electron chi connectivity index (χ4n) is 1.94. The largest absolute Gasteiger partial charge is 0.461 e. The predicted molar refractivity (Wildman–Crippen MR) is 79.7 cm³/mol. The van der Waals surface area contributed by atoms with Crippen molar-refractivity contribution >= 4 is 35.0 Å². The molecule has 0 saturated heterocycles. The van der Waals surface area contributed by atoms with Gasteiger partial charge >= 0.3 is 11.9 Å². The molecule has 0 aliphatic heterocycles. The van der Waals surface area contributed by atoms with Gasteiger partial charge in [0.2, 0.25) is 0 Å². The van der Waals surface area contributed by atoms with Crippen molar-refractivity contribution in [2.45, 2.75) is 20.8 Å². The molecule has 0 unspecified atom stereocenters. The zero-order valence-corrected chi connectivity index (χ0v) is 13.5. The molecule has 0 fully saturated rings. The van der Waals surface area contributed by atoms with E-state index in [1.807, 2.05) is 0 Å². The highest BCUT2D eigenvalue weighted by Gasteiger charge is 2.26. The minimum atomic E-state index is -1.03. The molecule has 0 aromatic carbocycles. The Morgan fingerprint density at radius 2 is 1.87 bits per heavy atom. The summed E-state index contributed by atoms with van der Waals surface area (Å²) in [6.45, 7) is 5.03. The van der Waals surface area contributed by atoms with E-state index in [0.717, 1.165) is 4.52 Å². The van der Waals surface area contributed by atoms with Gasteiger partial charge in [-0.3, -0.25) is 4.79 Å². The van der Waals surface area contributed by atoms with Crippen LogP contribution >= 0.6 is 11.6 Å². The Hall–Kier alpha value is -2.48. The van der Waals surface area contributed by atoms with Crippen molar-refractivity contribution in [3.05, 3.63) is 28.2 Å². The van der Waals surface area contributed by atoms with Crippen LogP contribution in [-0.4, -0.2) is 45.5 Å². The van der Waals surface area contributed by atoms with Crippen molar-refractivity contribution in [1.82, 2.24) is 14.6 Å². The van der Waals surface area contributed by atoms with Gasteiger partial charge in [-0.25, -0.2) is 19.1 Å². The normalized spacial score (nSPS) is 10.6. The van der Waals surface area contributed by atoms with Crippen molar-refractivity contribution < 1.29 is 23.9 Å². The van der Waals surface area contributed by atoms with Gasteiger partial charge in [-0.1, -0.05) is 11.6 Å². The summed E-state index contributed by atoms with van der Waals surface area (Å²) in [5, 5.41) is 3.84. The SMILES string of the molecule is CCOC(=O)C(=O)c1c(C)nc2cc(C(=O)OCC)nn2c1Cl. The first-order chi connectivity index (χ1) is 10.9. The van der Waals surface area contributed by atoms with Gasteiger partial charge in [-0.15, -0.1) is 0 Å². The number of Topliss-reactive ketones (excluding diaryl/α,β-unsaturated/α-hetero) is 1. The summed E-state index contributed by atoms with van der Waals surface area (Å²) < 4.78 is 10.6. The second-order valence-electron chi connectivity index (χ2n) is 4.43. The molecule has 2 aromatic heterocycles. The Bertz CT molecular complexity index is 799. The quantitative estimate of drug-likeness (QED) is 0.353. The van der Waals surface area contributed by atoms with Crippen LogP contribution in [0, 0.1) is 6.92 Å². The van der Waals surface area contributed by atoms with Gasteiger partial charge in [0.05, 0.1) is 24.5 Å². The van der Waals surface area contributed by atoms with E-state index in [1.54, 1.807) is 13.8 Å². The van der Waals surface area contributed by atoms with Crippen LogP contribution in [0.4, 0.5) is 0 Å². The number of ether oxygens (including phenoxy) is 2. The number of nitrogens with zero attached hydrogens (tertiary/aromatic N) is 3. The Kier molecular flexibility index (Phi) is 4.95. The van der Waals surface area contributed by atoms with E-state index in [4.69, 9.17) is 16.3 Å². The van der Waals surface area contributed by atoms with Gasteiger partial charge in [0.15, 0.2) is 11.3 Å². The molecule has 2 rings (SSSR count). The van der Waals surface area contributed by atoms with Crippen LogP contribution in [0.15, 0.2) is 6.07 Å². The first-order valence-electron chi connectivity index (χ1n) is 6.85. The molecule has 0 amide bonds. The molecular formula is C14H14ClN3O5. The van der Waals surface area contributed by atoms with Crippen molar-refractivity contribution in [3.63, 3.8) is 0 Å². The third-order valence-corrected chi connectivity index (χ3v) is 3.25. The molecule has 2 heterocycles. The fourth-order valence-corrected chi connectivity index (χ4v) is 2.29. The number of carbonyl (C=O) groups is 3. The van der Waals surface area contributed by atoms with Gasteiger partial charge in [0, 0.05) is 6.07 Å². The van der Waals surface area contributed by atoms with Crippen LogP contribution in [0.3, 0.4) is 0 Å². The zero-order chi connectivity index (χ0) is 17.1. The first kappa shape index (κ1) is 16.9. The molecule has 122 valence electrons. The Morgan fingerprint density at radius 1 is 1.22 bits per heavy atom. The Balaban J connectivity index is 2.54. The van der Waals surface area contributed by atoms with Crippen molar-refractivity contribution in [1.29, 1.82) is 0 Å². The maximum Gasteiger partial charge on any atom is 0.379 e. The lowest BCUT2D eigenvalue weighted by Crippen LogP contribution is -2.20. The molecule has 2 aromatic rings. The molecule has 0 aliphatic carbocycles. The standard InChI is InChI=1S/C14H14ClN3O5/c1-4-22-13(20)8-6-9-16-7(3)10(12(15)18(9)17-8)11(19)14(21)23-5-2/h6H,4-5H2,1-3H3. The van der Waals surface area contributed by atoms with Gasteiger partial charge in [-0.2, -0.15) is 5.10 Å². The van der Waals surface area contributed by atoms with E-state index in [-0.39, 0.29) is 41.0 Å². The van der Waals surface area contributed by atoms with E-state index < -0.39 is 17.7 Å². The number of hydrogen-bond acceptors (Lipinski definition) is 7. The van der Waals surface area contributed by atoms with Gasteiger partial charge < -0.3 is 9.47 Å². The molecule has 0 atom stereocenters. The molecular weight excluding hydrogens is 326 g/mol. The van der Waals surface area contributed by atoms with E-state index in [2.05, 4.69) is 14.8 Å². The lowest BCUT2D eigenvalue weighted by Gasteiger charge is -2.07. The smallest absolute Gasteiger partial charge is 0.379 e. The highest BCUT2D eigenvalue weighted by Crippen LogP contribution is 2.22.